The summed E-state index contributed by atoms with van der Waals surface area (Å²) in [6, 6.07) is 5.98. The molecule has 3 heteroatoms. The highest BCUT2D eigenvalue weighted by atomic mass is 79.9. The number of hydrogen-bond acceptors (Lipinski definition) is 2. The molecule has 2 aromatic rings. The topological polar surface area (TPSA) is 38.9 Å². The minimum atomic E-state index is 0.693. The van der Waals surface area contributed by atoms with Crippen LogP contribution in [-0.2, 0) is 0 Å². The molecule has 0 bridgehead atoms. The number of benzene rings is 1. The second kappa shape index (κ2) is 3.00. The molecule has 0 aliphatic carbocycles. The van der Waals surface area contributed by atoms with Gasteiger partial charge in [0.25, 0.3) is 0 Å². The summed E-state index contributed by atoms with van der Waals surface area (Å²) in [5, 5.41) is 1.07. The highest BCUT2D eigenvalue weighted by Crippen LogP contribution is 2.26. The van der Waals surface area contributed by atoms with E-state index in [-0.39, 0.29) is 0 Å². The molecule has 0 amide bonds. The highest BCUT2D eigenvalue weighted by molar-refractivity contribution is 9.10. The summed E-state index contributed by atoms with van der Waals surface area (Å²) < 4.78 is 1.04. The average Bonchev–Trinajstić information content (AvgIpc) is 2.12. The van der Waals surface area contributed by atoms with Crippen LogP contribution in [0.15, 0.2) is 28.9 Å². The lowest BCUT2D eigenvalue weighted by Crippen LogP contribution is -1.89. The van der Waals surface area contributed by atoms with E-state index in [2.05, 4.69) is 20.9 Å². The molecule has 2 nitrogen and oxygen atoms in total. The Labute approximate surface area is 84.9 Å². The number of aryl methyl sites for hydroxylation is 1. The third kappa shape index (κ3) is 1.40. The number of aromatic nitrogens is 1. The van der Waals surface area contributed by atoms with Gasteiger partial charge in [0.15, 0.2) is 0 Å². The summed E-state index contributed by atoms with van der Waals surface area (Å²) in [4.78, 5) is 4.29. The van der Waals surface area contributed by atoms with Crippen LogP contribution in [-0.4, -0.2) is 4.98 Å². The Morgan fingerprint density at radius 3 is 2.92 bits per heavy atom. The van der Waals surface area contributed by atoms with Gasteiger partial charge in [-0.1, -0.05) is 22.0 Å². The van der Waals surface area contributed by atoms with E-state index in [1.165, 1.54) is 5.56 Å². The van der Waals surface area contributed by atoms with Crippen LogP contribution in [0.1, 0.15) is 5.56 Å². The van der Waals surface area contributed by atoms with E-state index >= 15 is 0 Å². The van der Waals surface area contributed by atoms with Crippen molar-refractivity contribution >= 4 is 32.5 Å². The van der Waals surface area contributed by atoms with E-state index in [0.29, 0.717) is 5.69 Å². The Hall–Kier alpha value is -1.09. The molecule has 0 aliphatic rings. The third-order valence-corrected chi connectivity index (χ3v) is 2.71. The molecule has 0 fully saturated rings. The molecular formula is C10H9BrN2. The molecule has 0 radical (unpaired) electrons. The Kier molecular flexibility index (Phi) is 1.96. The predicted octanol–water partition coefficient (Wildman–Crippen LogP) is 2.89. The van der Waals surface area contributed by atoms with Crippen molar-refractivity contribution in [2.24, 2.45) is 0 Å². The quantitative estimate of drug-likeness (QED) is 0.765. The minimum absolute atomic E-state index is 0.693. The van der Waals surface area contributed by atoms with Gasteiger partial charge < -0.3 is 5.73 Å². The van der Waals surface area contributed by atoms with Gasteiger partial charge in [0.2, 0.25) is 0 Å². The Morgan fingerprint density at radius 2 is 2.15 bits per heavy atom. The van der Waals surface area contributed by atoms with Crippen LogP contribution in [0.25, 0.3) is 10.9 Å². The van der Waals surface area contributed by atoms with Crippen LogP contribution >= 0.6 is 15.9 Å². The fourth-order valence-corrected chi connectivity index (χ4v) is 1.78. The molecule has 2 rings (SSSR count). The van der Waals surface area contributed by atoms with Gasteiger partial charge >= 0.3 is 0 Å². The van der Waals surface area contributed by atoms with Crippen molar-refractivity contribution in [1.29, 1.82) is 0 Å². The molecule has 0 unspecified atom stereocenters. The molecule has 0 saturated heterocycles. The standard InChI is InChI=1S/C10H9BrN2/c1-6-2-3-9(11)8-4-7(12)5-13-10(6)8/h2-5H,12H2,1H3. The molecule has 13 heavy (non-hydrogen) atoms. The van der Waals surface area contributed by atoms with Crippen molar-refractivity contribution in [3.05, 3.63) is 34.4 Å². The number of nitrogens with zero attached hydrogens (tertiary/aromatic N) is 1. The van der Waals surface area contributed by atoms with Gasteiger partial charge in [0, 0.05) is 9.86 Å². The molecule has 1 aromatic carbocycles. The summed E-state index contributed by atoms with van der Waals surface area (Å²) in [7, 11) is 0. The van der Waals surface area contributed by atoms with Gasteiger partial charge in [-0.05, 0) is 24.6 Å². The van der Waals surface area contributed by atoms with Gasteiger partial charge in [-0.2, -0.15) is 0 Å². The normalized spacial score (nSPS) is 10.6. The SMILES string of the molecule is Cc1ccc(Br)c2cc(N)cnc12. The van der Waals surface area contributed by atoms with Crippen molar-refractivity contribution in [2.75, 3.05) is 5.73 Å². The van der Waals surface area contributed by atoms with Crippen molar-refractivity contribution in [2.45, 2.75) is 6.92 Å². The summed E-state index contributed by atoms with van der Waals surface area (Å²) in [6.07, 6.45) is 1.68. The molecule has 0 spiro atoms. The first-order valence-electron chi connectivity index (χ1n) is 3.99. The van der Waals surface area contributed by atoms with Crippen molar-refractivity contribution in [1.82, 2.24) is 4.98 Å². The van der Waals surface area contributed by atoms with Gasteiger partial charge in [0.05, 0.1) is 17.4 Å². The summed E-state index contributed by atoms with van der Waals surface area (Å²) in [6.45, 7) is 2.04. The third-order valence-electron chi connectivity index (χ3n) is 2.02. The van der Waals surface area contributed by atoms with Crippen LogP contribution in [0.2, 0.25) is 0 Å². The molecular weight excluding hydrogens is 228 g/mol. The molecule has 1 aromatic heterocycles. The number of rotatable bonds is 0. The zero-order valence-electron chi connectivity index (χ0n) is 7.21. The van der Waals surface area contributed by atoms with Crippen molar-refractivity contribution < 1.29 is 0 Å². The maximum absolute atomic E-state index is 5.66. The Morgan fingerprint density at radius 1 is 1.38 bits per heavy atom. The number of nitrogen functional groups attached to an aromatic ring is 1. The first-order valence-corrected chi connectivity index (χ1v) is 4.78. The number of fused-ring (bicyclic) bond motifs is 1. The smallest absolute Gasteiger partial charge is 0.0744 e. The lowest BCUT2D eigenvalue weighted by molar-refractivity contribution is 1.36. The first kappa shape index (κ1) is 8.51. The number of anilines is 1. The number of hydrogen-bond donors (Lipinski definition) is 1. The largest absolute Gasteiger partial charge is 0.397 e. The highest BCUT2D eigenvalue weighted by Gasteiger charge is 2.02. The van der Waals surface area contributed by atoms with E-state index < -0.39 is 0 Å². The zero-order valence-corrected chi connectivity index (χ0v) is 8.80. The predicted molar refractivity (Wildman–Crippen MR) is 58.6 cm³/mol. The van der Waals surface area contributed by atoms with Gasteiger partial charge in [-0.15, -0.1) is 0 Å². The summed E-state index contributed by atoms with van der Waals surface area (Å²) >= 11 is 3.47. The number of pyridine rings is 1. The van der Waals surface area contributed by atoms with E-state index in [1.807, 2.05) is 25.1 Å². The maximum Gasteiger partial charge on any atom is 0.0744 e. The van der Waals surface area contributed by atoms with E-state index in [1.54, 1.807) is 6.20 Å². The van der Waals surface area contributed by atoms with Crippen molar-refractivity contribution in [3.63, 3.8) is 0 Å². The van der Waals surface area contributed by atoms with Crippen LogP contribution in [0.3, 0.4) is 0 Å². The van der Waals surface area contributed by atoms with E-state index in [4.69, 9.17) is 5.73 Å². The van der Waals surface area contributed by atoms with Gasteiger partial charge in [0.1, 0.15) is 0 Å². The average molecular weight is 237 g/mol. The molecule has 1 heterocycles. The van der Waals surface area contributed by atoms with Gasteiger partial charge in [-0.25, -0.2) is 0 Å². The molecule has 0 atom stereocenters. The van der Waals surface area contributed by atoms with Crippen molar-refractivity contribution in [3.8, 4) is 0 Å². The van der Waals surface area contributed by atoms with E-state index in [0.717, 1.165) is 15.4 Å². The molecule has 0 saturated carbocycles. The Bertz CT molecular complexity index is 466. The van der Waals surface area contributed by atoms with Crippen LogP contribution in [0.4, 0.5) is 5.69 Å². The van der Waals surface area contributed by atoms with Crippen LogP contribution in [0.5, 0.6) is 0 Å². The minimum Gasteiger partial charge on any atom is -0.397 e. The number of halogens is 1. The van der Waals surface area contributed by atoms with Crippen LogP contribution < -0.4 is 5.73 Å². The summed E-state index contributed by atoms with van der Waals surface area (Å²) in [5.41, 5.74) is 8.52. The van der Waals surface area contributed by atoms with E-state index in [9.17, 15) is 0 Å². The fourth-order valence-electron chi connectivity index (χ4n) is 1.34. The molecule has 2 N–H and O–H groups in total. The zero-order chi connectivity index (χ0) is 9.42. The van der Waals surface area contributed by atoms with Gasteiger partial charge in [-0.3, -0.25) is 4.98 Å². The summed E-state index contributed by atoms with van der Waals surface area (Å²) in [5.74, 6) is 0. The fraction of sp³-hybridized carbons (Fsp3) is 0.100. The maximum atomic E-state index is 5.66. The number of nitrogens with two attached hydrogens (primary N) is 1. The second-order valence-corrected chi connectivity index (χ2v) is 3.88. The Balaban J connectivity index is 2.92. The van der Waals surface area contributed by atoms with Crippen LogP contribution in [0, 0.1) is 6.92 Å². The second-order valence-electron chi connectivity index (χ2n) is 3.03. The lowest BCUT2D eigenvalue weighted by atomic mass is 10.1. The lowest BCUT2D eigenvalue weighted by Gasteiger charge is -2.03. The molecule has 0 aliphatic heterocycles. The first-order chi connectivity index (χ1) is 6.18. The monoisotopic (exact) mass is 236 g/mol. The molecule has 66 valence electrons.